The Bertz CT molecular complexity index is 619. The molecular formula is C17H20F3NO3S. The fraction of sp³-hybridized carbons (Fsp3) is 0.529. The fourth-order valence-corrected chi connectivity index (χ4v) is 3.91. The van der Waals surface area contributed by atoms with E-state index >= 15 is 0 Å². The zero-order valence-electron chi connectivity index (χ0n) is 13.8. The molecule has 2 unspecified atom stereocenters. The third kappa shape index (κ3) is 5.39. The van der Waals surface area contributed by atoms with Crippen LogP contribution in [0.1, 0.15) is 36.8 Å². The van der Waals surface area contributed by atoms with Crippen LogP contribution in [0.15, 0.2) is 24.3 Å². The van der Waals surface area contributed by atoms with Gasteiger partial charge >= 0.3 is 12.1 Å². The maximum atomic E-state index is 12.6. The second kappa shape index (κ2) is 8.12. The van der Waals surface area contributed by atoms with Gasteiger partial charge in [0.25, 0.3) is 0 Å². The molecule has 1 aliphatic heterocycles. The molecule has 138 valence electrons. The third-order valence-electron chi connectivity index (χ3n) is 4.25. The Morgan fingerprint density at radius 3 is 2.52 bits per heavy atom. The van der Waals surface area contributed by atoms with E-state index in [1.165, 1.54) is 12.1 Å². The Balaban J connectivity index is 2.02. The normalized spacial score (nSPS) is 19.5. The van der Waals surface area contributed by atoms with E-state index in [0.29, 0.717) is 17.9 Å². The summed E-state index contributed by atoms with van der Waals surface area (Å²) >= 11 is 1.62. The molecule has 1 heterocycles. The molecule has 1 aromatic carbocycles. The second-order valence-electron chi connectivity index (χ2n) is 6.14. The summed E-state index contributed by atoms with van der Waals surface area (Å²) < 4.78 is 37.8. The number of hydrogen-bond acceptors (Lipinski definition) is 3. The van der Waals surface area contributed by atoms with Crippen LogP contribution in [0, 0.1) is 0 Å². The van der Waals surface area contributed by atoms with E-state index in [4.69, 9.17) is 5.11 Å². The van der Waals surface area contributed by atoms with Gasteiger partial charge < -0.3 is 10.0 Å². The number of halogens is 3. The SMILES string of the molecule is CC(CC(=O)N1CCSCC1CC(=O)O)c1ccc(C(F)(F)F)cc1. The molecule has 0 saturated carbocycles. The minimum atomic E-state index is -4.38. The molecule has 4 nitrogen and oxygen atoms in total. The average molecular weight is 375 g/mol. The molecule has 1 aliphatic rings. The molecule has 0 aromatic heterocycles. The molecule has 1 amide bonds. The summed E-state index contributed by atoms with van der Waals surface area (Å²) in [5.41, 5.74) is -0.0631. The zero-order chi connectivity index (χ0) is 18.6. The molecular weight excluding hydrogens is 355 g/mol. The van der Waals surface area contributed by atoms with Gasteiger partial charge in [-0.3, -0.25) is 9.59 Å². The summed E-state index contributed by atoms with van der Waals surface area (Å²) in [6.07, 6.45) is -4.33. The number of thioether (sulfide) groups is 1. The number of aliphatic carboxylic acids is 1. The van der Waals surface area contributed by atoms with Crippen molar-refractivity contribution in [1.29, 1.82) is 0 Å². The van der Waals surface area contributed by atoms with E-state index in [1.54, 1.807) is 23.6 Å². The lowest BCUT2D eigenvalue weighted by Crippen LogP contribution is -2.47. The molecule has 25 heavy (non-hydrogen) atoms. The smallest absolute Gasteiger partial charge is 0.416 e. The van der Waals surface area contributed by atoms with Crippen LogP contribution in [0.3, 0.4) is 0 Å². The van der Waals surface area contributed by atoms with Gasteiger partial charge in [0.05, 0.1) is 18.0 Å². The monoisotopic (exact) mass is 375 g/mol. The van der Waals surface area contributed by atoms with E-state index in [0.717, 1.165) is 17.9 Å². The summed E-state index contributed by atoms with van der Waals surface area (Å²) in [6, 6.07) is 4.48. The summed E-state index contributed by atoms with van der Waals surface area (Å²) in [4.78, 5) is 25.1. The topological polar surface area (TPSA) is 57.6 Å². The first-order valence-electron chi connectivity index (χ1n) is 7.94. The minimum Gasteiger partial charge on any atom is -0.481 e. The largest absolute Gasteiger partial charge is 0.481 e. The van der Waals surface area contributed by atoms with Crippen molar-refractivity contribution in [2.45, 2.75) is 37.9 Å². The van der Waals surface area contributed by atoms with Crippen molar-refractivity contribution < 1.29 is 27.9 Å². The summed E-state index contributed by atoms with van der Waals surface area (Å²) in [6.45, 7) is 2.28. The maximum Gasteiger partial charge on any atom is 0.416 e. The third-order valence-corrected chi connectivity index (χ3v) is 5.34. The number of benzene rings is 1. The van der Waals surface area contributed by atoms with Crippen LogP contribution in [-0.2, 0) is 15.8 Å². The van der Waals surface area contributed by atoms with Gasteiger partial charge in [0.2, 0.25) is 5.91 Å². The Labute approximate surface area is 148 Å². The lowest BCUT2D eigenvalue weighted by molar-refractivity contribution is -0.141. The molecule has 0 radical (unpaired) electrons. The van der Waals surface area contributed by atoms with E-state index in [2.05, 4.69) is 0 Å². The Morgan fingerprint density at radius 2 is 1.96 bits per heavy atom. The van der Waals surface area contributed by atoms with Crippen LogP contribution in [-0.4, -0.2) is 46.0 Å². The van der Waals surface area contributed by atoms with E-state index in [1.807, 2.05) is 0 Å². The molecule has 1 N–H and O–H groups in total. The zero-order valence-corrected chi connectivity index (χ0v) is 14.6. The number of amides is 1. The molecule has 0 aliphatic carbocycles. The number of nitrogens with zero attached hydrogens (tertiary/aromatic N) is 1. The van der Waals surface area contributed by atoms with Gasteiger partial charge in [-0.15, -0.1) is 0 Å². The van der Waals surface area contributed by atoms with E-state index < -0.39 is 17.7 Å². The minimum absolute atomic E-state index is 0.0899. The predicted octanol–water partition coefficient (Wildman–Crippen LogP) is 3.62. The number of carbonyl (C=O) groups is 2. The van der Waals surface area contributed by atoms with Crippen LogP contribution < -0.4 is 0 Å². The molecule has 0 bridgehead atoms. The quantitative estimate of drug-likeness (QED) is 0.854. The van der Waals surface area contributed by atoms with Crippen LogP contribution in [0.4, 0.5) is 13.2 Å². The van der Waals surface area contributed by atoms with Crippen molar-refractivity contribution in [3.63, 3.8) is 0 Å². The summed E-state index contributed by atoms with van der Waals surface area (Å²) in [7, 11) is 0. The van der Waals surface area contributed by atoms with Gasteiger partial charge in [0, 0.05) is 24.5 Å². The number of alkyl halides is 3. The number of carboxylic acid groups (broad SMARTS) is 1. The van der Waals surface area contributed by atoms with Gasteiger partial charge in [-0.2, -0.15) is 24.9 Å². The molecule has 1 fully saturated rings. The summed E-state index contributed by atoms with van der Waals surface area (Å²) in [5, 5.41) is 8.98. The van der Waals surface area contributed by atoms with Gasteiger partial charge in [0.1, 0.15) is 0 Å². The lowest BCUT2D eigenvalue weighted by atomic mass is 9.95. The maximum absolute atomic E-state index is 12.6. The molecule has 1 aromatic rings. The predicted molar refractivity (Wildman–Crippen MR) is 89.6 cm³/mol. The molecule has 0 spiro atoms. The highest BCUT2D eigenvalue weighted by Crippen LogP contribution is 2.31. The molecule has 8 heteroatoms. The van der Waals surface area contributed by atoms with Crippen molar-refractivity contribution >= 4 is 23.6 Å². The van der Waals surface area contributed by atoms with Crippen LogP contribution >= 0.6 is 11.8 Å². The highest BCUT2D eigenvalue weighted by Gasteiger charge is 2.31. The Kier molecular flexibility index (Phi) is 6.37. The van der Waals surface area contributed by atoms with Crippen molar-refractivity contribution in [3.8, 4) is 0 Å². The van der Waals surface area contributed by atoms with Crippen molar-refractivity contribution in [3.05, 3.63) is 35.4 Å². The highest BCUT2D eigenvalue weighted by molar-refractivity contribution is 7.99. The molecule has 1 saturated heterocycles. The van der Waals surface area contributed by atoms with Crippen LogP contribution in [0.25, 0.3) is 0 Å². The number of hydrogen-bond donors (Lipinski definition) is 1. The standard InChI is InChI=1S/C17H20F3NO3S/c1-11(12-2-4-13(5-3-12)17(18,19)20)8-15(22)21-6-7-25-10-14(21)9-16(23)24/h2-5,11,14H,6-10H2,1H3,(H,23,24). The average Bonchev–Trinajstić information content (AvgIpc) is 2.54. The van der Waals surface area contributed by atoms with Crippen molar-refractivity contribution in [2.24, 2.45) is 0 Å². The van der Waals surface area contributed by atoms with Gasteiger partial charge in [0.15, 0.2) is 0 Å². The Morgan fingerprint density at radius 1 is 1.32 bits per heavy atom. The lowest BCUT2D eigenvalue weighted by Gasteiger charge is -2.35. The number of rotatable bonds is 5. The number of carboxylic acids is 1. The van der Waals surface area contributed by atoms with Gasteiger partial charge in [-0.25, -0.2) is 0 Å². The number of carbonyl (C=O) groups excluding carboxylic acids is 1. The van der Waals surface area contributed by atoms with Crippen molar-refractivity contribution in [1.82, 2.24) is 4.90 Å². The molecule has 2 rings (SSSR count). The first-order valence-corrected chi connectivity index (χ1v) is 9.10. The molecule has 2 atom stereocenters. The highest BCUT2D eigenvalue weighted by atomic mass is 32.2. The second-order valence-corrected chi connectivity index (χ2v) is 7.29. The van der Waals surface area contributed by atoms with Crippen LogP contribution in [0.5, 0.6) is 0 Å². The van der Waals surface area contributed by atoms with Gasteiger partial charge in [-0.05, 0) is 23.6 Å². The summed E-state index contributed by atoms with van der Waals surface area (Å²) in [5.74, 6) is 0.0123. The van der Waals surface area contributed by atoms with Gasteiger partial charge in [-0.1, -0.05) is 19.1 Å². The van der Waals surface area contributed by atoms with E-state index in [9.17, 15) is 22.8 Å². The first-order chi connectivity index (χ1) is 11.7. The van der Waals surface area contributed by atoms with E-state index in [-0.39, 0.29) is 30.7 Å². The Hall–Kier alpha value is -1.70. The van der Waals surface area contributed by atoms with Crippen molar-refractivity contribution in [2.75, 3.05) is 18.1 Å². The first kappa shape index (κ1) is 19.6. The fourth-order valence-electron chi connectivity index (χ4n) is 2.85. The van der Waals surface area contributed by atoms with Crippen LogP contribution in [0.2, 0.25) is 0 Å².